The molecule has 0 fully saturated rings. The fourth-order valence-corrected chi connectivity index (χ4v) is 3.13. The van der Waals surface area contributed by atoms with Gasteiger partial charge in [-0.1, -0.05) is 19.9 Å². The maximum atomic E-state index is 12.4. The van der Waals surface area contributed by atoms with Crippen molar-refractivity contribution < 1.29 is 14.3 Å². The number of ether oxygens (including phenoxy) is 2. The summed E-state index contributed by atoms with van der Waals surface area (Å²) in [7, 11) is 0. The molecule has 1 amide bonds. The third kappa shape index (κ3) is 4.18. The molecule has 2 heterocycles. The van der Waals surface area contributed by atoms with Crippen molar-refractivity contribution in [3.8, 4) is 11.5 Å². The maximum Gasteiger partial charge on any atom is 0.224 e. The van der Waals surface area contributed by atoms with Crippen LogP contribution in [-0.2, 0) is 24.3 Å². The van der Waals surface area contributed by atoms with E-state index >= 15 is 0 Å². The van der Waals surface area contributed by atoms with E-state index in [1.165, 1.54) is 0 Å². The van der Waals surface area contributed by atoms with Gasteiger partial charge in [-0.15, -0.1) is 0 Å². The largest absolute Gasteiger partial charge is 0.486 e. The van der Waals surface area contributed by atoms with Gasteiger partial charge in [-0.05, 0) is 37.5 Å². The van der Waals surface area contributed by atoms with E-state index < -0.39 is 0 Å². The Labute approximate surface area is 154 Å². The van der Waals surface area contributed by atoms with E-state index in [2.05, 4.69) is 24.3 Å². The standard InChI is InChI=1S/C20H27N3O3/c1-13(2)12-23-15(4)17(14(3)22-23)10-20(24)21-11-16-5-6-18-19(9-16)26-8-7-25-18/h5-6,9,13H,7-8,10-12H2,1-4H3,(H,21,24). The third-order valence-corrected chi connectivity index (χ3v) is 4.50. The first-order valence-electron chi connectivity index (χ1n) is 9.12. The van der Waals surface area contributed by atoms with E-state index in [0.29, 0.717) is 32.1 Å². The number of aryl methyl sites for hydroxylation is 1. The van der Waals surface area contributed by atoms with Crippen molar-refractivity contribution in [3.05, 3.63) is 40.7 Å². The minimum absolute atomic E-state index is 0.00446. The Hall–Kier alpha value is -2.50. The Morgan fingerprint density at radius 2 is 1.96 bits per heavy atom. The van der Waals surface area contributed by atoms with Gasteiger partial charge in [-0.3, -0.25) is 9.48 Å². The molecule has 0 spiro atoms. The molecule has 0 saturated heterocycles. The Morgan fingerprint density at radius 1 is 1.23 bits per heavy atom. The summed E-state index contributed by atoms with van der Waals surface area (Å²) >= 11 is 0. The van der Waals surface area contributed by atoms with Crippen molar-refractivity contribution in [3.63, 3.8) is 0 Å². The highest BCUT2D eigenvalue weighted by molar-refractivity contribution is 5.79. The van der Waals surface area contributed by atoms with Crippen LogP contribution in [0.15, 0.2) is 18.2 Å². The van der Waals surface area contributed by atoms with Gasteiger partial charge in [0, 0.05) is 24.3 Å². The highest BCUT2D eigenvalue weighted by Crippen LogP contribution is 2.30. The van der Waals surface area contributed by atoms with Crippen LogP contribution in [0.1, 0.15) is 36.4 Å². The lowest BCUT2D eigenvalue weighted by Crippen LogP contribution is -2.25. The van der Waals surface area contributed by atoms with Gasteiger partial charge in [-0.25, -0.2) is 0 Å². The van der Waals surface area contributed by atoms with Gasteiger partial charge >= 0.3 is 0 Å². The number of amides is 1. The molecule has 1 aromatic heterocycles. The molecule has 1 N–H and O–H groups in total. The average Bonchev–Trinajstić information content (AvgIpc) is 2.86. The first-order valence-corrected chi connectivity index (χ1v) is 9.12. The number of rotatable bonds is 6. The smallest absolute Gasteiger partial charge is 0.224 e. The van der Waals surface area contributed by atoms with Crippen LogP contribution in [0.4, 0.5) is 0 Å². The van der Waals surface area contributed by atoms with E-state index in [-0.39, 0.29) is 5.91 Å². The summed E-state index contributed by atoms with van der Waals surface area (Å²) < 4.78 is 13.1. The molecule has 1 aliphatic rings. The number of aromatic nitrogens is 2. The number of hydrogen-bond acceptors (Lipinski definition) is 4. The number of nitrogens with zero attached hydrogens (tertiary/aromatic N) is 2. The second-order valence-electron chi connectivity index (χ2n) is 7.16. The minimum atomic E-state index is -0.00446. The van der Waals surface area contributed by atoms with Crippen molar-refractivity contribution >= 4 is 5.91 Å². The van der Waals surface area contributed by atoms with Gasteiger partial charge in [0.2, 0.25) is 5.91 Å². The van der Waals surface area contributed by atoms with E-state index in [1.54, 1.807) is 0 Å². The summed E-state index contributed by atoms with van der Waals surface area (Å²) in [6.07, 6.45) is 0.348. The second-order valence-corrected chi connectivity index (χ2v) is 7.16. The molecule has 26 heavy (non-hydrogen) atoms. The number of hydrogen-bond donors (Lipinski definition) is 1. The van der Waals surface area contributed by atoms with Gasteiger partial charge < -0.3 is 14.8 Å². The van der Waals surface area contributed by atoms with Crippen molar-refractivity contribution in [2.75, 3.05) is 13.2 Å². The molecule has 6 heteroatoms. The first kappa shape index (κ1) is 18.3. The van der Waals surface area contributed by atoms with Crippen LogP contribution in [0.25, 0.3) is 0 Å². The summed E-state index contributed by atoms with van der Waals surface area (Å²) in [5, 5.41) is 7.56. The zero-order valence-corrected chi connectivity index (χ0v) is 16.0. The first-order chi connectivity index (χ1) is 12.4. The molecule has 140 valence electrons. The lowest BCUT2D eigenvalue weighted by molar-refractivity contribution is -0.120. The monoisotopic (exact) mass is 357 g/mol. The molecule has 1 aromatic carbocycles. The highest BCUT2D eigenvalue weighted by Gasteiger charge is 2.16. The average molecular weight is 357 g/mol. The van der Waals surface area contributed by atoms with Crippen LogP contribution in [0.2, 0.25) is 0 Å². The molecule has 0 unspecified atom stereocenters. The number of fused-ring (bicyclic) bond motifs is 1. The molecular formula is C20H27N3O3. The lowest BCUT2D eigenvalue weighted by atomic mass is 10.1. The summed E-state index contributed by atoms with van der Waals surface area (Å²) in [6, 6.07) is 5.76. The quantitative estimate of drug-likeness (QED) is 0.863. The van der Waals surface area contributed by atoms with E-state index in [9.17, 15) is 4.79 Å². The van der Waals surface area contributed by atoms with Crippen molar-refractivity contribution in [1.29, 1.82) is 0 Å². The van der Waals surface area contributed by atoms with E-state index in [1.807, 2.05) is 36.7 Å². The molecule has 0 saturated carbocycles. The Morgan fingerprint density at radius 3 is 2.69 bits per heavy atom. The van der Waals surface area contributed by atoms with Crippen LogP contribution >= 0.6 is 0 Å². The fraction of sp³-hybridized carbons (Fsp3) is 0.500. The van der Waals surface area contributed by atoms with Crippen LogP contribution < -0.4 is 14.8 Å². The number of benzene rings is 1. The third-order valence-electron chi connectivity index (χ3n) is 4.50. The van der Waals surface area contributed by atoms with Gasteiger partial charge in [0.1, 0.15) is 13.2 Å². The number of nitrogens with one attached hydrogen (secondary N) is 1. The van der Waals surface area contributed by atoms with Crippen LogP contribution in [0, 0.1) is 19.8 Å². The van der Waals surface area contributed by atoms with Crippen LogP contribution in [0.5, 0.6) is 11.5 Å². The van der Waals surface area contributed by atoms with Gasteiger partial charge in [0.15, 0.2) is 11.5 Å². The van der Waals surface area contributed by atoms with Crippen molar-refractivity contribution in [2.24, 2.45) is 5.92 Å². The maximum absolute atomic E-state index is 12.4. The van der Waals surface area contributed by atoms with Gasteiger partial charge in [-0.2, -0.15) is 5.10 Å². The molecule has 0 bridgehead atoms. The predicted molar refractivity (Wildman–Crippen MR) is 99.5 cm³/mol. The molecule has 3 rings (SSSR count). The summed E-state index contributed by atoms with van der Waals surface area (Å²) in [4.78, 5) is 12.4. The van der Waals surface area contributed by atoms with E-state index in [0.717, 1.165) is 40.6 Å². The Kier molecular flexibility index (Phi) is 5.49. The molecule has 0 aliphatic carbocycles. The normalized spacial score (nSPS) is 13.1. The number of carbonyl (C=O) groups excluding carboxylic acids is 1. The highest BCUT2D eigenvalue weighted by atomic mass is 16.6. The molecule has 0 atom stereocenters. The summed E-state index contributed by atoms with van der Waals surface area (Å²) in [6.45, 7) is 10.8. The zero-order chi connectivity index (χ0) is 18.7. The van der Waals surface area contributed by atoms with Crippen molar-refractivity contribution in [2.45, 2.75) is 47.2 Å². The van der Waals surface area contributed by atoms with Crippen molar-refractivity contribution in [1.82, 2.24) is 15.1 Å². The van der Waals surface area contributed by atoms with Crippen LogP contribution in [0.3, 0.4) is 0 Å². The predicted octanol–water partition coefficient (Wildman–Crippen LogP) is 2.79. The minimum Gasteiger partial charge on any atom is -0.486 e. The molecular weight excluding hydrogens is 330 g/mol. The molecule has 6 nitrogen and oxygen atoms in total. The number of carbonyl (C=O) groups is 1. The fourth-order valence-electron chi connectivity index (χ4n) is 3.13. The lowest BCUT2D eigenvalue weighted by Gasteiger charge is -2.19. The summed E-state index contributed by atoms with van der Waals surface area (Å²) in [5.41, 5.74) is 4.01. The topological polar surface area (TPSA) is 65.4 Å². The molecule has 1 aliphatic heterocycles. The Balaban J connectivity index is 1.60. The summed E-state index contributed by atoms with van der Waals surface area (Å²) in [5.74, 6) is 2.01. The Bertz CT molecular complexity index is 796. The van der Waals surface area contributed by atoms with Crippen LogP contribution in [-0.4, -0.2) is 28.9 Å². The van der Waals surface area contributed by atoms with Gasteiger partial charge in [0.25, 0.3) is 0 Å². The van der Waals surface area contributed by atoms with Gasteiger partial charge in [0.05, 0.1) is 12.1 Å². The zero-order valence-electron chi connectivity index (χ0n) is 16.0. The molecule has 0 radical (unpaired) electrons. The van der Waals surface area contributed by atoms with E-state index in [4.69, 9.17) is 9.47 Å². The molecule has 2 aromatic rings. The SMILES string of the molecule is Cc1nn(CC(C)C)c(C)c1CC(=O)NCc1ccc2c(c1)OCCO2. The second kappa shape index (κ2) is 7.81.